The summed E-state index contributed by atoms with van der Waals surface area (Å²) < 4.78 is 15.5. The first-order valence-electron chi connectivity index (χ1n) is 13.0. The second-order valence-electron chi connectivity index (χ2n) is 9.94. The zero-order valence-electron chi connectivity index (χ0n) is 22.5. The fraction of sp³-hybridized carbons (Fsp3) is 0.0882. The van der Waals surface area contributed by atoms with Gasteiger partial charge in [0.1, 0.15) is 11.6 Å². The van der Waals surface area contributed by atoms with Crippen LogP contribution in [0.1, 0.15) is 21.5 Å². The minimum atomic E-state index is -0.346. The highest BCUT2D eigenvalue weighted by Crippen LogP contribution is 2.35. The zero-order chi connectivity index (χ0) is 27.8. The Bertz CT molecular complexity index is 1870. The minimum Gasteiger partial charge on any atom is -0.311 e. The third-order valence-electron chi connectivity index (χ3n) is 7.02. The number of nitrogens with zero attached hydrogens (tertiary/aromatic N) is 4. The Morgan fingerprint density at radius 2 is 1.40 bits per heavy atom. The van der Waals surface area contributed by atoms with E-state index in [0.717, 1.165) is 50.5 Å². The second-order valence-corrected chi connectivity index (χ2v) is 9.94. The summed E-state index contributed by atoms with van der Waals surface area (Å²) in [5, 5.41) is 0. The van der Waals surface area contributed by atoms with Gasteiger partial charge in [-0.05, 0) is 62.4 Å². The zero-order valence-corrected chi connectivity index (χ0v) is 22.5. The number of aryl methyl sites for hydroxylation is 2. The average molecular weight is 527 g/mol. The SMILES string of the molecule is Cc1cccc(-c2nc(-c3cccc(C)c3)n3ccnc(-c4cccc(C(=O)N(C)c5ccc(F)cc5)c4)c23)c1. The fourth-order valence-electron chi connectivity index (χ4n) is 5.01. The second kappa shape index (κ2) is 10.2. The lowest BCUT2D eigenvalue weighted by molar-refractivity contribution is 0.0993. The molecule has 0 saturated carbocycles. The van der Waals surface area contributed by atoms with Gasteiger partial charge in [0.2, 0.25) is 0 Å². The molecule has 2 heterocycles. The Labute approximate surface area is 232 Å². The number of imidazole rings is 1. The summed E-state index contributed by atoms with van der Waals surface area (Å²) in [4.78, 5) is 24.9. The van der Waals surface area contributed by atoms with E-state index >= 15 is 0 Å². The van der Waals surface area contributed by atoms with Gasteiger partial charge in [-0.3, -0.25) is 14.2 Å². The molecule has 40 heavy (non-hydrogen) atoms. The van der Waals surface area contributed by atoms with Crippen LogP contribution in [0, 0.1) is 19.7 Å². The van der Waals surface area contributed by atoms with Crippen LogP contribution in [-0.4, -0.2) is 27.3 Å². The van der Waals surface area contributed by atoms with Crippen molar-refractivity contribution >= 4 is 17.1 Å². The molecule has 0 N–H and O–H groups in total. The van der Waals surface area contributed by atoms with Crippen LogP contribution >= 0.6 is 0 Å². The molecule has 2 aromatic heterocycles. The van der Waals surface area contributed by atoms with Crippen LogP contribution in [0.5, 0.6) is 0 Å². The van der Waals surface area contributed by atoms with Crippen LogP contribution in [-0.2, 0) is 0 Å². The lowest BCUT2D eigenvalue weighted by Gasteiger charge is -2.18. The summed E-state index contributed by atoms with van der Waals surface area (Å²) in [6.45, 7) is 4.13. The highest BCUT2D eigenvalue weighted by Gasteiger charge is 2.21. The molecule has 4 aromatic carbocycles. The lowest BCUT2D eigenvalue weighted by atomic mass is 10.0. The van der Waals surface area contributed by atoms with Crippen molar-refractivity contribution in [1.29, 1.82) is 0 Å². The third kappa shape index (κ3) is 4.64. The highest BCUT2D eigenvalue weighted by atomic mass is 19.1. The lowest BCUT2D eigenvalue weighted by Crippen LogP contribution is -2.26. The van der Waals surface area contributed by atoms with Gasteiger partial charge in [0.05, 0.1) is 16.9 Å². The van der Waals surface area contributed by atoms with Crippen LogP contribution in [0.15, 0.2) is 109 Å². The number of amides is 1. The summed E-state index contributed by atoms with van der Waals surface area (Å²) in [6.07, 6.45) is 3.70. The number of rotatable bonds is 5. The molecule has 0 radical (unpaired) electrons. The van der Waals surface area contributed by atoms with Gasteiger partial charge >= 0.3 is 0 Å². The van der Waals surface area contributed by atoms with Crippen LogP contribution in [0.4, 0.5) is 10.1 Å². The standard InChI is InChI=1S/C34H27FN4O/c1-22-7-4-9-24(19-22)31-32-30(36-17-18-39(32)33(37-31)26-11-5-8-23(2)20-26)25-10-6-12-27(21-25)34(40)38(3)29-15-13-28(35)14-16-29/h4-21H,1-3H3. The minimum absolute atomic E-state index is 0.201. The fourth-order valence-corrected chi connectivity index (χ4v) is 5.01. The molecular weight excluding hydrogens is 499 g/mol. The van der Waals surface area contributed by atoms with Crippen molar-refractivity contribution in [3.63, 3.8) is 0 Å². The number of hydrogen-bond donors (Lipinski definition) is 0. The first kappa shape index (κ1) is 25.2. The molecule has 0 spiro atoms. The molecule has 0 bridgehead atoms. The molecule has 196 valence electrons. The summed E-state index contributed by atoms with van der Waals surface area (Å²) in [5.41, 5.74) is 8.61. The number of halogens is 1. The molecular formula is C34H27FN4O. The maximum atomic E-state index is 13.4. The van der Waals surface area contributed by atoms with Gasteiger partial charge in [-0.1, -0.05) is 59.7 Å². The smallest absolute Gasteiger partial charge is 0.258 e. The van der Waals surface area contributed by atoms with Crippen molar-refractivity contribution < 1.29 is 9.18 Å². The third-order valence-corrected chi connectivity index (χ3v) is 7.02. The molecule has 0 saturated heterocycles. The number of benzene rings is 4. The predicted octanol–water partition coefficient (Wildman–Crippen LogP) is 7.76. The quantitative estimate of drug-likeness (QED) is 0.231. The van der Waals surface area contributed by atoms with E-state index in [9.17, 15) is 9.18 Å². The topological polar surface area (TPSA) is 50.5 Å². The molecule has 6 aromatic rings. The molecule has 0 atom stereocenters. The molecule has 0 aliphatic carbocycles. The van der Waals surface area contributed by atoms with Gasteiger partial charge in [0.15, 0.2) is 0 Å². The van der Waals surface area contributed by atoms with Crippen molar-refractivity contribution in [3.05, 3.63) is 132 Å². The van der Waals surface area contributed by atoms with Gasteiger partial charge in [-0.25, -0.2) is 9.37 Å². The van der Waals surface area contributed by atoms with Crippen molar-refractivity contribution in [2.75, 3.05) is 11.9 Å². The highest BCUT2D eigenvalue weighted by molar-refractivity contribution is 6.06. The van der Waals surface area contributed by atoms with E-state index in [2.05, 4.69) is 54.6 Å². The predicted molar refractivity (Wildman–Crippen MR) is 158 cm³/mol. The number of carbonyl (C=O) groups excluding carboxylic acids is 1. The van der Waals surface area contributed by atoms with Crippen LogP contribution in [0.2, 0.25) is 0 Å². The van der Waals surface area contributed by atoms with Crippen molar-refractivity contribution in [3.8, 4) is 33.9 Å². The molecule has 5 nitrogen and oxygen atoms in total. The molecule has 0 fully saturated rings. The van der Waals surface area contributed by atoms with Gasteiger partial charge < -0.3 is 4.90 Å². The monoisotopic (exact) mass is 526 g/mol. The molecule has 0 aliphatic heterocycles. The number of aromatic nitrogens is 3. The molecule has 0 aliphatic rings. The average Bonchev–Trinajstić information content (AvgIpc) is 3.37. The summed E-state index contributed by atoms with van der Waals surface area (Å²) in [7, 11) is 1.68. The number of hydrogen-bond acceptors (Lipinski definition) is 3. The van der Waals surface area contributed by atoms with Gasteiger partial charge in [-0.2, -0.15) is 0 Å². The van der Waals surface area contributed by atoms with E-state index in [1.54, 1.807) is 31.4 Å². The molecule has 1 amide bonds. The number of anilines is 1. The summed E-state index contributed by atoms with van der Waals surface area (Å²) >= 11 is 0. The maximum Gasteiger partial charge on any atom is 0.258 e. The summed E-state index contributed by atoms with van der Waals surface area (Å²) in [5.74, 6) is 0.274. The van der Waals surface area contributed by atoms with E-state index in [1.807, 2.05) is 36.5 Å². The van der Waals surface area contributed by atoms with Gasteiger partial charge in [-0.15, -0.1) is 0 Å². The van der Waals surface area contributed by atoms with E-state index in [1.165, 1.54) is 17.0 Å². The summed E-state index contributed by atoms with van der Waals surface area (Å²) in [6, 6.07) is 29.9. The first-order chi connectivity index (χ1) is 19.4. The number of fused-ring (bicyclic) bond motifs is 1. The Morgan fingerprint density at radius 1 is 0.775 bits per heavy atom. The van der Waals surface area contributed by atoms with Gasteiger partial charge in [0, 0.05) is 47.4 Å². The Balaban J connectivity index is 1.52. The maximum absolute atomic E-state index is 13.4. The Hall–Kier alpha value is -5.10. The van der Waals surface area contributed by atoms with Crippen molar-refractivity contribution in [2.45, 2.75) is 13.8 Å². The van der Waals surface area contributed by atoms with E-state index in [4.69, 9.17) is 9.97 Å². The van der Waals surface area contributed by atoms with Gasteiger partial charge in [0.25, 0.3) is 5.91 Å². The Morgan fingerprint density at radius 3 is 2.10 bits per heavy atom. The van der Waals surface area contributed by atoms with Crippen molar-refractivity contribution in [2.24, 2.45) is 0 Å². The van der Waals surface area contributed by atoms with Crippen molar-refractivity contribution in [1.82, 2.24) is 14.4 Å². The van der Waals surface area contributed by atoms with Crippen LogP contribution in [0.25, 0.3) is 39.4 Å². The molecule has 6 heteroatoms. The molecule has 0 unspecified atom stereocenters. The number of carbonyl (C=O) groups is 1. The molecule has 6 rings (SSSR count). The first-order valence-corrected chi connectivity index (χ1v) is 13.0. The van der Waals surface area contributed by atoms with Crippen LogP contribution < -0.4 is 4.90 Å². The largest absolute Gasteiger partial charge is 0.311 e. The Kier molecular flexibility index (Phi) is 6.44. The van der Waals surface area contributed by atoms with E-state index < -0.39 is 0 Å². The van der Waals surface area contributed by atoms with E-state index in [0.29, 0.717) is 11.3 Å². The van der Waals surface area contributed by atoms with Crippen LogP contribution in [0.3, 0.4) is 0 Å². The normalized spacial score (nSPS) is 11.1. The van der Waals surface area contributed by atoms with E-state index in [-0.39, 0.29) is 11.7 Å².